The Labute approximate surface area is 117 Å². The van der Waals surface area contributed by atoms with Gasteiger partial charge in [-0.3, -0.25) is 14.5 Å². The van der Waals surface area contributed by atoms with Gasteiger partial charge in [-0.1, -0.05) is 12.1 Å². The summed E-state index contributed by atoms with van der Waals surface area (Å²) in [5.74, 6) is 0.0875. The number of morpholine rings is 1. The molecule has 2 rings (SSSR count). The minimum Gasteiger partial charge on any atom is -0.497 e. The summed E-state index contributed by atoms with van der Waals surface area (Å²) < 4.78 is 10.3. The van der Waals surface area contributed by atoms with E-state index in [1.165, 1.54) is 0 Å². The molecule has 1 aromatic carbocycles. The van der Waals surface area contributed by atoms with Crippen molar-refractivity contribution < 1.29 is 19.1 Å². The van der Waals surface area contributed by atoms with Crippen LogP contribution < -0.4 is 10.5 Å². The van der Waals surface area contributed by atoms with Crippen molar-refractivity contribution in [2.45, 2.75) is 6.04 Å². The molecule has 2 N–H and O–H groups in total. The number of carbonyl (C=O) groups is 2. The largest absolute Gasteiger partial charge is 0.497 e. The Morgan fingerprint density at radius 2 is 2.30 bits per heavy atom. The molecule has 1 saturated heterocycles. The van der Waals surface area contributed by atoms with Gasteiger partial charge in [-0.2, -0.15) is 0 Å². The zero-order valence-electron chi connectivity index (χ0n) is 11.4. The lowest BCUT2D eigenvalue weighted by Crippen LogP contribution is -2.53. The van der Waals surface area contributed by atoms with Crippen LogP contribution >= 0.6 is 0 Å². The van der Waals surface area contributed by atoms with Gasteiger partial charge in [0.25, 0.3) is 0 Å². The Morgan fingerprint density at radius 3 is 3.00 bits per heavy atom. The zero-order chi connectivity index (χ0) is 14.5. The third-order valence-corrected chi connectivity index (χ3v) is 3.31. The summed E-state index contributed by atoms with van der Waals surface area (Å²) in [5, 5.41) is 0. The second-order valence-electron chi connectivity index (χ2n) is 4.62. The molecule has 0 aromatic heterocycles. The molecule has 0 saturated carbocycles. The van der Waals surface area contributed by atoms with Crippen molar-refractivity contribution in [1.29, 1.82) is 0 Å². The molecular formula is C14H18N2O4. The van der Waals surface area contributed by atoms with E-state index >= 15 is 0 Å². The lowest BCUT2D eigenvalue weighted by Gasteiger charge is -2.32. The highest BCUT2D eigenvalue weighted by atomic mass is 16.5. The van der Waals surface area contributed by atoms with E-state index in [0.29, 0.717) is 24.5 Å². The van der Waals surface area contributed by atoms with Crippen molar-refractivity contribution in [2.75, 3.05) is 33.4 Å². The first-order valence-electron chi connectivity index (χ1n) is 6.40. The van der Waals surface area contributed by atoms with Gasteiger partial charge < -0.3 is 15.2 Å². The standard InChI is InChI=1S/C14H18N2O4/c1-19-11-4-2-3-10(7-11)13(17)8-16-5-6-20-9-12(16)14(15)18/h2-4,7,12H,5-6,8-9H2,1H3,(H2,15,18). The van der Waals surface area contributed by atoms with Crippen LogP contribution in [0.3, 0.4) is 0 Å². The highest BCUT2D eigenvalue weighted by molar-refractivity contribution is 5.98. The number of carbonyl (C=O) groups excluding carboxylic acids is 2. The maximum atomic E-state index is 12.3. The molecule has 0 radical (unpaired) electrons. The van der Waals surface area contributed by atoms with E-state index in [-0.39, 0.29) is 18.9 Å². The van der Waals surface area contributed by atoms with Crippen molar-refractivity contribution in [3.8, 4) is 5.75 Å². The normalized spacial score (nSPS) is 19.6. The molecule has 1 atom stereocenters. The maximum absolute atomic E-state index is 12.3. The number of hydrogen-bond acceptors (Lipinski definition) is 5. The predicted octanol–water partition coefficient (Wildman–Crippen LogP) is 0.0640. The fourth-order valence-corrected chi connectivity index (χ4v) is 2.16. The number of hydrogen-bond donors (Lipinski definition) is 1. The summed E-state index contributed by atoms with van der Waals surface area (Å²) in [5.41, 5.74) is 5.88. The summed E-state index contributed by atoms with van der Waals surface area (Å²) in [4.78, 5) is 25.4. The molecule has 0 aliphatic carbocycles. The van der Waals surface area contributed by atoms with Crippen molar-refractivity contribution >= 4 is 11.7 Å². The second-order valence-corrected chi connectivity index (χ2v) is 4.62. The zero-order valence-corrected chi connectivity index (χ0v) is 11.4. The van der Waals surface area contributed by atoms with Crippen LogP contribution in [0.15, 0.2) is 24.3 Å². The van der Waals surface area contributed by atoms with Crippen LogP contribution in [0.4, 0.5) is 0 Å². The maximum Gasteiger partial charge on any atom is 0.237 e. The molecule has 1 heterocycles. The van der Waals surface area contributed by atoms with E-state index in [2.05, 4.69) is 0 Å². The molecule has 6 nitrogen and oxygen atoms in total. The molecule has 6 heteroatoms. The van der Waals surface area contributed by atoms with Crippen LogP contribution in [0, 0.1) is 0 Å². The Kier molecular flexibility index (Phi) is 4.70. The van der Waals surface area contributed by atoms with E-state index in [0.717, 1.165) is 0 Å². The van der Waals surface area contributed by atoms with Gasteiger partial charge in [0.15, 0.2) is 5.78 Å². The van der Waals surface area contributed by atoms with E-state index in [9.17, 15) is 9.59 Å². The third-order valence-electron chi connectivity index (χ3n) is 3.31. The first kappa shape index (κ1) is 14.5. The summed E-state index contributed by atoms with van der Waals surface area (Å²) in [6.45, 7) is 1.39. The number of primary amides is 1. The number of ether oxygens (including phenoxy) is 2. The molecule has 1 aromatic rings. The Bertz CT molecular complexity index is 504. The number of Topliss-reactive ketones (excluding diaryl/α,β-unsaturated/α-hetero) is 1. The van der Waals surface area contributed by atoms with Gasteiger partial charge in [-0.05, 0) is 12.1 Å². The first-order chi connectivity index (χ1) is 9.61. The molecule has 0 bridgehead atoms. The van der Waals surface area contributed by atoms with Crippen molar-refractivity contribution in [2.24, 2.45) is 5.73 Å². The van der Waals surface area contributed by atoms with Crippen LogP contribution in [0.5, 0.6) is 5.75 Å². The summed E-state index contributed by atoms with van der Waals surface area (Å²) >= 11 is 0. The van der Waals surface area contributed by atoms with Gasteiger partial charge in [-0.25, -0.2) is 0 Å². The topological polar surface area (TPSA) is 81.9 Å². The van der Waals surface area contributed by atoms with Crippen molar-refractivity contribution in [3.05, 3.63) is 29.8 Å². The number of nitrogens with two attached hydrogens (primary N) is 1. The minimum absolute atomic E-state index is 0.0722. The molecule has 1 fully saturated rings. The summed E-state index contributed by atoms with van der Waals surface area (Å²) in [6, 6.07) is 6.40. The summed E-state index contributed by atoms with van der Waals surface area (Å²) in [7, 11) is 1.55. The van der Waals surface area contributed by atoms with E-state index in [1.807, 2.05) is 0 Å². The number of ketones is 1. The fourth-order valence-electron chi connectivity index (χ4n) is 2.16. The van der Waals surface area contributed by atoms with Crippen molar-refractivity contribution in [3.63, 3.8) is 0 Å². The molecule has 0 spiro atoms. The average molecular weight is 278 g/mol. The number of rotatable bonds is 5. The smallest absolute Gasteiger partial charge is 0.237 e. The molecule has 20 heavy (non-hydrogen) atoms. The van der Waals surface area contributed by atoms with Crippen LogP contribution in [0.1, 0.15) is 10.4 Å². The van der Waals surface area contributed by atoms with Crippen LogP contribution in [-0.4, -0.2) is 56.0 Å². The van der Waals surface area contributed by atoms with Crippen LogP contribution in [0.2, 0.25) is 0 Å². The van der Waals surface area contributed by atoms with Gasteiger partial charge >= 0.3 is 0 Å². The average Bonchev–Trinajstić information content (AvgIpc) is 2.47. The van der Waals surface area contributed by atoms with Gasteiger partial charge in [0, 0.05) is 12.1 Å². The molecule has 1 amide bonds. The Balaban J connectivity index is 2.07. The molecule has 1 aliphatic rings. The fraction of sp³-hybridized carbons (Fsp3) is 0.429. The number of amides is 1. The molecule has 1 aliphatic heterocycles. The van der Waals surface area contributed by atoms with Crippen molar-refractivity contribution in [1.82, 2.24) is 4.90 Å². The molecular weight excluding hydrogens is 260 g/mol. The summed E-state index contributed by atoms with van der Waals surface area (Å²) in [6.07, 6.45) is 0. The number of benzene rings is 1. The molecule has 1 unspecified atom stereocenters. The molecule has 108 valence electrons. The van der Waals surface area contributed by atoms with Gasteiger partial charge in [0.05, 0.1) is 26.9 Å². The van der Waals surface area contributed by atoms with E-state index in [1.54, 1.807) is 36.3 Å². The lowest BCUT2D eigenvalue weighted by molar-refractivity contribution is -0.128. The Hall–Kier alpha value is -1.92. The van der Waals surface area contributed by atoms with Gasteiger partial charge in [-0.15, -0.1) is 0 Å². The quantitative estimate of drug-likeness (QED) is 0.770. The van der Waals surface area contributed by atoms with Crippen LogP contribution in [-0.2, 0) is 9.53 Å². The third kappa shape index (κ3) is 3.34. The van der Waals surface area contributed by atoms with E-state index < -0.39 is 11.9 Å². The lowest BCUT2D eigenvalue weighted by atomic mass is 10.1. The van der Waals surface area contributed by atoms with Gasteiger partial charge in [0.2, 0.25) is 5.91 Å². The van der Waals surface area contributed by atoms with Gasteiger partial charge in [0.1, 0.15) is 11.8 Å². The monoisotopic (exact) mass is 278 g/mol. The van der Waals surface area contributed by atoms with E-state index in [4.69, 9.17) is 15.2 Å². The first-order valence-corrected chi connectivity index (χ1v) is 6.40. The van der Waals surface area contributed by atoms with Crippen LogP contribution in [0.25, 0.3) is 0 Å². The predicted molar refractivity (Wildman–Crippen MR) is 72.7 cm³/mol. The highest BCUT2D eigenvalue weighted by Gasteiger charge is 2.29. The Morgan fingerprint density at radius 1 is 1.50 bits per heavy atom. The highest BCUT2D eigenvalue weighted by Crippen LogP contribution is 2.14. The SMILES string of the molecule is COc1cccc(C(=O)CN2CCOCC2C(N)=O)c1. The number of methoxy groups -OCH3 is 1. The number of nitrogens with zero attached hydrogens (tertiary/aromatic N) is 1. The second kappa shape index (κ2) is 6.49. The minimum atomic E-state index is -0.543.